The Morgan fingerprint density at radius 3 is 2.37 bits per heavy atom. The first kappa shape index (κ1) is 55.7. The zero-order chi connectivity index (χ0) is 57.7. The van der Waals surface area contributed by atoms with Crippen LogP contribution in [0.3, 0.4) is 0 Å². The molecule has 3 saturated heterocycles. The first-order valence-corrected chi connectivity index (χ1v) is 26.9. The molecular weight excluding hydrogens is 1070 g/mol. The lowest BCUT2D eigenvalue weighted by atomic mass is 9.90. The van der Waals surface area contributed by atoms with E-state index in [0.29, 0.717) is 46.6 Å². The maximum atomic E-state index is 15.9. The van der Waals surface area contributed by atoms with Crippen molar-refractivity contribution in [3.63, 3.8) is 0 Å². The number of β-amino-alcohol motifs (C(OH)–C–C–N with tert-alkyl or cyclic N) is 1. The monoisotopic (exact) mass is 1130 g/mol. The van der Waals surface area contributed by atoms with Crippen molar-refractivity contribution < 1.29 is 56.0 Å². The number of aromatic nitrogens is 8. The van der Waals surface area contributed by atoms with Crippen LogP contribution in [-0.4, -0.2) is 137 Å². The number of piperazine rings is 1. The normalized spacial score (nSPS) is 19.1. The van der Waals surface area contributed by atoms with E-state index >= 15 is 17.6 Å². The predicted molar refractivity (Wildman–Crippen MR) is 291 cm³/mol. The quantitative estimate of drug-likeness (QED) is 0.0520. The van der Waals surface area contributed by atoms with Crippen molar-refractivity contribution >= 4 is 39.4 Å². The van der Waals surface area contributed by atoms with Crippen LogP contribution >= 0.6 is 0 Å². The van der Waals surface area contributed by atoms with Gasteiger partial charge in [0.1, 0.15) is 54.0 Å². The second-order valence-electron chi connectivity index (χ2n) is 21.4. The molecule has 82 heavy (non-hydrogen) atoms. The summed E-state index contributed by atoms with van der Waals surface area (Å²) < 4.78 is 97.4. The number of carbonyl (C=O) groups excluding carboxylic acids is 2. The highest BCUT2D eigenvalue weighted by Crippen LogP contribution is 2.51. The van der Waals surface area contributed by atoms with Gasteiger partial charge in [0, 0.05) is 84.5 Å². The van der Waals surface area contributed by atoms with E-state index < -0.39 is 71.6 Å². The van der Waals surface area contributed by atoms with Crippen LogP contribution in [0.4, 0.5) is 27.8 Å². The molecule has 0 spiro atoms. The van der Waals surface area contributed by atoms with Crippen LogP contribution in [0.2, 0.25) is 0 Å². The van der Waals surface area contributed by atoms with Crippen molar-refractivity contribution in [2.75, 3.05) is 44.9 Å². The number of ether oxygens (including phenoxy) is 3. The Bertz CT molecular complexity index is 3670. The molecule has 8 aromatic rings. The van der Waals surface area contributed by atoms with Crippen LogP contribution in [0.5, 0.6) is 11.8 Å². The molecular formula is C58H59F5N12O7. The second kappa shape index (κ2) is 22.6. The van der Waals surface area contributed by atoms with Crippen molar-refractivity contribution in [3.8, 4) is 45.3 Å². The summed E-state index contributed by atoms with van der Waals surface area (Å²) in [7, 11) is 1.52. The summed E-state index contributed by atoms with van der Waals surface area (Å²) in [4.78, 5) is 45.1. The van der Waals surface area contributed by atoms with Gasteiger partial charge < -0.3 is 44.9 Å². The number of carbonyl (C=O) groups is 2. The lowest BCUT2D eigenvalue weighted by Gasteiger charge is -2.30. The summed E-state index contributed by atoms with van der Waals surface area (Å²) in [6.07, 6.45) is -0.174. The molecule has 5 N–H and O–H groups in total. The molecule has 0 saturated carbocycles. The van der Waals surface area contributed by atoms with Crippen molar-refractivity contribution in [1.82, 2.24) is 55.7 Å². The Hall–Kier alpha value is -8.19. The molecule has 428 valence electrons. The van der Waals surface area contributed by atoms with Crippen molar-refractivity contribution in [2.24, 2.45) is 5.92 Å². The third kappa shape index (κ3) is 10.8. The number of hydrogen-bond donors (Lipinski definition) is 5. The topological polar surface area (TPSA) is 231 Å². The van der Waals surface area contributed by atoms with Gasteiger partial charge in [-0.1, -0.05) is 67.6 Å². The van der Waals surface area contributed by atoms with E-state index in [0.717, 1.165) is 18.7 Å². The number of aliphatic hydroxyl groups excluding tert-OH is 2. The number of amides is 2. The number of likely N-dealkylation sites (tertiary alicyclic amines) is 1. The fourth-order valence-corrected chi connectivity index (χ4v) is 11.3. The molecule has 7 atom stereocenters. The number of aromatic amines is 1. The molecule has 2 amide bonds. The second-order valence-corrected chi connectivity index (χ2v) is 21.4. The average Bonchev–Trinajstić information content (AvgIpc) is 4.51. The first-order valence-electron chi connectivity index (χ1n) is 26.9. The van der Waals surface area contributed by atoms with Gasteiger partial charge in [0.2, 0.25) is 11.8 Å². The van der Waals surface area contributed by atoms with E-state index in [1.165, 1.54) is 48.1 Å². The Kier molecular flexibility index (Phi) is 15.4. The van der Waals surface area contributed by atoms with Crippen LogP contribution < -0.4 is 25.0 Å². The minimum absolute atomic E-state index is 0.0133. The number of fused-ring (bicyclic) bond motifs is 4. The molecule has 7 heterocycles. The number of methoxy groups -OCH3 is 1. The maximum absolute atomic E-state index is 15.9. The summed E-state index contributed by atoms with van der Waals surface area (Å²) in [5, 5.41) is 43.3. The van der Waals surface area contributed by atoms with Gasteiger partial charge >= 0.3 is 12.2 Å². The lowest BCUT2D eigenvalue weighted by Crippen LogP contribution is -2.50. The number of halogens is 5. The highest BCUT2D eigenvalue weighted by atomic mass is 19.4. The van der Waals surface area contributed by atoms with Crippen molar-refractivity contribution in [3.05, 3.63) is 125 Å². The van der Waals surface area contributed by atoms with Gasteiger partial charge in [0.05, 0.1) is 54.5 Å². The van der Waals surface area contributed by atoms with Gasteiger partial charge in [-0.3, -0.25) is 19.7 Å². The fraction of sp³-hybridized carbons (Fsp3) is 0.379. The van der Waals surface area contributed by atoms with E-state index in [4.69, 9.17) is 24.2 Å². The van der Waals surface area contributed by atoms with Crippen LogP contribution in [-0.2, 0) is 27.1 Å². The lowest BCUT2D eigenvalue weighted by molar-refractivity contribution is -0.142. The summed E-state index contributed by atoms with van der Waals surface area (Å²) in [5.74, 6) is -2.77. The molecule has 0 unspecified atom stereocenters. The van der Waals surface area contributed by atoms with Gasteiger partial charge in [0.25, 0.3) is 0 Å². The SMILES string of the molecule is CO[C@@H](C)COc1nc(N2C[C@@H]3C[C@H]2CN3)c2cc(C(F)(F)F)c(-c3c(C)c(F)cc4[nH]ncc34)c(OCc3ccc(-c4cn([C@H](C(=O)N5C[C@H](O)C[C@H]5C(=O)N[C@@H](CO)c5ccc(-c6ccncc6F)cc5)C(C)C)nn4)cc3)c2n1. The summed E-state index contributed by atoms with van der Waals surface area (Å²) >= 11 is 0. The number of H-pyrrole nitrogens is 1. The van der Waals surface area contributed by atoms with E-state index in [2.05, 4.69) is 36.1 Å². The Labute approximate surface area is 466 Å². The van der Waals surface area contributed by atoms with Crippen molar-refractivity contribution in [2.45, 2.75) is 95.7 Å². The summed E-state index contributed by atoms with van der Waals surface area (Å²) in [6.45, 7) is 7.01. The van der Waals surface area contributed by atoms with Crippen LogP contribution in [0, 0.1) is 24.5 Å². The fourth-order valence-electron chi connectivity index (χ4n) is 11.3. The number of nitrogens with zero attached hydrogens (tertiary/aromatic N) is 9. The molecule has 4 aromatic heterocycles. The van der Waals surface area contributed by atoms with Gasteiger partial charge in [-0.15, -0.1) is 5.10 Å². The molecule has 24 heteroatoms. The van der Waals surface area contributed by atoms with E-state index in [1.807, 2.05) is 18.7 Å². The molecule has 3 aliphatic rings. The molecule has 19 nitrogen and oxygen atoms in total. The van der Waals surface area contributed by atoms with Crippen LogP contribution in [0.25, 0.3) is 55.3 Å². The minimum Gasteiger partial charge on any atom is -0.486 e. The molecule has 0 aliphatic carbocycles. The summed E-state index contributed by atoms with van der Waals surface area (Å²) in [6, 6.07) is 14.2. The van der Waals surface area contributed by atoms with Gasteiger partial charge in [-0.2, -0.15) is 28.2 Å². The first-order chi connectivity index (χ1) is 39.4. The third-order valence-corrected chi connectivity index (χ3v) is 15.7. The van der Waals surface area contributed by atoms with Crippen molar-refractivity contribution in [1.29, 1.82) is 0 Å². The number of anilines is 1. The number of hydrogen-bond acceptors (Lipinski definition) is 15. The maximum Gasteiger partial charge on any atom is 0.417 e. The zero-order valence-electron chi connectivity index (χ0n) is 45.3. The summed E-state index contributed by atoms with van der Waals surface area (Å²) in [5.41, 5.74) is 1.39. The number of aliphatic hydroxyl groups is 2. The molecule has 11 rings (SSSR count). The van der Waals surface area contributed by atoms with E-state index in [9.17, 15) is 24.2 Å². The smallest absolute Gasteiger partial charge is 0.417 e. The Morgan fingerprint density at radius 1 is 0.915 bits per heavy atom. The van der Waals surface area contributed by atoms with E-state index in [-0.39, 0.29) is 101 Å². The molecule has 3 fully saturated rings. The van der Waals surface area contributed by atoms with Crippen LogP contribution in [0.1, 0.15) is 68.0 Å². The van der Waals surface area contributed by atoms with Gasteiger partial charge in [0.15, 0.2) is 5.75 Å². The Balaban J connectivity index is 0.878. The third-order valence-electron chi connectivity index (χ3n) is 15.7. The number of benzene rings is 4. The standard InChI is InChI=1S/C58H59F5N12O7/c1-29(2)52(56(79)74-24-38(77)17-48(74)55(78)67-47(26-76)35-12-10-33(11-13-35)39-14-15-64-22-44(39)60)75-25-46(71-72-75)34-8-6-32(7-9-34)28-81-53-50(49-31(4)43(59)19-45-41(49)21-66-70-45)42(58(61,62)63)18-40-51(53)68-57(82-27-30(3)80-5)69-54(40)73-23-36-16-37(73)20-65-36/h6-15,18-19,21-22,25,29-30,36-38,47-48,52,65,76-77H,16-17,20,23-24,26-28H2,1-5H3,(H,66,70)(H,67,78)/t30-,36-,37-,38+,47-,48-,52-/m0/s1. The number of alkyl halides is 3. The Morgan fingerprint density at radius 2 is 1.68 bits per heavy atom. The van der Waals surface area contributed by atoms with Gasteiger partial charge in [-0.05, 0) is 66.6 Å². The molecule has 2 bridgehead atoms. The number of rotatable bonds is 18. The van der Waals surface area contributed by atoms with Crippen LogP contribution in [0.15, 0.2) is 91.5 Å². The number of nitrogens with one attached hydrogen (secondary N) is 3. The average molecular weight is 1130 g/mol. The molecule has 3 aliphatic heterocycles. The van der Waals surface area contributed by atoms with E-state index in [1.54, 1.807) is 61.7 Å². The highest BCUT2D eigenvalue weighted by Gasteiger charge is 2.45. The molecule has 0 radical (unpaired) electrons. The largest absolute Gasteiger partial charge is 0.486 e. The molecule has 4 aromatic carbocycles. The minimum atomic E-state index is -4.99. The highest BCUT2D eigenvalue weighted by molar-refractivity contribution is 6.06. The van der Waals surface area contributed by atoms with Gasteiger partial charge in [-0.25, -0.2) is 13.5 Å². The zero-order valence-corrected chi connectivity index (χ0v) is 45.3. The predicted octanol–water partition coefficient (Wildman–Crippen LogP) is 7.65. The number of pyridine rings is 1.